The molecule has 0 aliphatic heterocycles. The zero-order valence-electron chi connectivity index (χ0n) is 25.7. The number of halogens is 13. The Morgan fingerprint density at radius 2 is 1.20 bits per heavy atom. The summed E-state index contributed by atoms with van der Waals surface area (Å²) in [5.74, 6) is 0. The Morgan fingerprint density at radius 1 is 0.764 bits per heavy atom. The molecule has 0 aromatic carbocycles. The van der Waals surface area contributed by atoms with Gasteiger partial charge in [-0.1, -0.05) is 0 Å². The summed E-state index contributed by atoms with van der Waals surface area (Å²) >= 11 is 33.8. The number of alkyl halides is 3. The van der Waals surface area contributed by atoms with Crippen molar-refractivity contribution in [3.8, 4) is 0 Å². The Labute approximate surface area is 450 Å². The molecule has 1 unspecified atom stereocenters. The minimum atomic E-state index is -0.788. The SMILES string of the molecule is Brc1ccc(Br)s1.Brc1sc(Br)c2nccnc12.Cl.Nc1cscc1[I-]C(I)I(I)I=NI.O=[N+]([O-])c1c(Br)sc(Br)c1[N+](=O)[O-].c1cnc2cscc2n1. The van der Waals surface area contributed by atoms with E-state index < -0.39 is 33.1 Å². The zero-order valence-corrected chi connectivity index (χ0v) is 53.0. The maximum atomic E-state index is 10.4. The van der Waals surface area contributed by atoms with Gasteiger partial charge in [0.15, 0.2) is 7.57 Å². The number of nitrogens with two attached hydrogens (primary N) is 1. The number of aromatic nitrogens is 4. The van der Waals surface area contributed by atoms with Crippen molar-refractivity contribution >= 4 is 297 Å². The third kappa shape index (κ3) is 18.4. The molecule has 0 fully saturated rings. The molecule has 2 N–H and O–H groups in total. The Kier molecular flexibility index (Phi) is 28.4. The fourth-order valence-corrected chi connectivity index (χ4v) is 58.6. The van der Waals surface area contributed by atoms with Crippen LogP contribution >= 0.6 is 258 Å². The fourth-order valence-electron chi connectivity index (χ4n) is 3.03. The molecule has 0 saturated heterocycles. The van der Waals surface area contributed by atoms with Crippen LogP contribution < -0.4 is 26.9 Å². The van der Waals surface area contributed by atoms with Crippen LogP contribution in [0.4, 0.5) is 17.1 Å². The number of hydrogen-bond donors (Lipinski definition) is 1. The van der Waals surface area contributed by atoms with E-state index in [4.69, 9.17) is 5.73 Å². The Bertz CT molecular complexity index is 2220. The van der Waals surface area contributed by atoms with Gasteiger partial charge in [-0.25, -0.2) is 0 Å². The number of nitrogens with zero attached hydrogens (tertiary/aromatic N) is 7. The van der Waals surface area contributed by atoms with Gasteiger partial charge in [-0.2, -0.15) is 0 Å². The summed E-state index contributed by atoms with van der Waals surface area (Å²) < 4.78 is 11.3. The largest absolute Gasteiger partial charge is 0.372 e. The predicted molar refractivity (Wildman–Crippen MR) is 294 cm³/mol. The summed E-state index contributed by atoms with van der Waals surface area (Å²) in [5, 5.41) is 29.1. The summed E-state index contributed by atoms with van der Waals surface area (Å²) in [4.78, 5) is 35.8. The monoisotopic (exact) mass is 1920 g/mol. The molecule has 0 aliphatic carbocycles. The van der Waals surface area contributed by atoms with E-state index in [1.54, 1.807) is 70.1 Å². The zero-order chi connectivity index (χ0) is 39.9. The van der Waals surface area contributed by atoms with E-state index >= 15 is 0 Å². The molecule has 7 aromatic rings. The van der Waals surface area contributed by atoms with Crippen molar-refractivity contribution in [3.63, 3.8) is 0 Å². The van der Waals surface area contributed by atoms with Gasteiger partial charge in [0.1, 0.15) is 11.0 Å². The van der Waals surface area contributed by atoms with Crippen LogP contribution in [0.25, 0.3) is 22.1 Å². The van der Waals surface area contributed by atoms with Crippen molar-refractivity contribution in [1.82, 2.24) is 19.9 Å². The number of rotatable bonds is 6. The molecule has 0 amide bonds. The van der Waals surface area contributed by atoms with Crippen LogP contribution in [0.15, 0.2) is 82.5 Å². The molecule has 7 aromatic heterocycles. The van der Waals surface area contributed by atoms with Gasteiger partial charge in [0.2, 0.25) is 0 Å². The van der Waals surface area contributed by atoms with Crippen molar-refractivity contribution in [3.05, 3.63) is 105 Å². The van der Waals surface area contributed by atoms with E-state index in [0.717, 1.165) is 46.6 Å². The number of thiophene rings is 5. The third-order valence-electron chi connectivity index (χ3n) is 5.10. The molecular formula is C25H14Br6ClI6N8O4S5-. The van der Waals surface area contributed by atoms with Gasteiger partial charge in [0.25, 0.3) is 0 Å². The number of nitrogen functional groups attached to an aromatic ring is 1. The molecule has 30 heteroatoms. The molecule has 300 valence electrons. The van der Waals surface area contributed by atoms with Crippen LogP contribution in [0.1, 0.15) is 0 Å². The van der Waals surface area contributed by atoms with Gasteiger partial charge in [-0.15, -0.1) is 57.8 Å². The normalized spacial score (nSPS) is 11.3. The van der Waals surface area contributed by atoms with E-state index in [2.05, 4.69) is 192 Å². The average molecular weight is 1930 g/mol. The average Bonchev–Trinajstić information content (AvgIpc) is 3.96. The molecule has 1 atom stereocenters. The van der Waals surface area contributed by atoms with E-state index in [1.807, 2.05) is 22.9 Å². The molecule has 7 rings (SSSR count). The molecule has 0 saturated carbocycles. The van der Waals surface area contributed by atoms with Gasteiger partial charge in [0.05, 0.1) is 36.0 Å². The summed E-state index contributed by atoms with van der Waals surface area (Å²) in [6.45, 7) is 0. The fraction of sp³-hybridized carbons (Fsp3) is 0.0400. The Balaban J connectivity index is 0.000000240. The molecular weight excluding hydrogens is 1910 g/mol. The third-order valence-corrected chi connectivity index (χ3v) is 73.0. The topological polar surface area (TPSA) is 176 Å². The van der Waals surface area contributed by atoms with Crippen LogP contribution in [0.5, 0.6) is 0 Å². The molecule has 12 nitrogen and oxygen atoms in total. The van der Waals surface area contributed by atoms with Crippen molar-refractivity contribution in [1.29, 1.82) is 0 Å². The number of nitro groups is 2. The first kappa shape index (κ1) is 54.3. The predicted octanol–water partition coefficient (Wildman–Crippen LogP) is 14.3. The second-order valence-corrected chi connectivity index (χ2v) is 62.8. The van der Waals surface area contributed by atoms with Crippen LogP contribution in [0.3, 0.4) is 0 Å². The molecule has 7 heterocycles. The van der Waals surface area contributed by atoms with Gasteiger partial charge >= 0.3 is 164 Å². The summed E-state index contributed by atoms with van der Waals surface area (Å²) in [6, 6.07) is 4.02. The van der Waals surface area contributed by atoms with E-state index in [-0.39, 0.29) is 58.2 Å². The van der Waals surface area contributed by atoms with Gasteiger partial charge in [-0.3, -0.25) is 40.2 Å². The molecule has 0 aliphatic rings. The number of anilines is 1. The van der Waals surface area contributed by atoms with Gasteiger partial charge < -0.3 is 0 Å². The van der Waals surface area contributed by atoms with Crippen LogP contribution in [0.2, 0.25) is 0 Å². The van der Waals surface area contributed by atoms with Gasteiger partial charge in [-0.05, 0) is 108 Å². The first-order chi connectivity index (χ1) is 25.6. The van der Waals surface area contributed by atoms with Crippen molar-refractivity contribution < 1.29 is 31.1 Å². The van der Waals surface area contributed by atoms with E-state index in [0.29, 0.717) is 0 Å². The van der Waals surface area contributed by atoms with Gasteiger partial charge in [0, 0.05) is 35.5 Å². The Morgan fingerprint density at radius 3 is 1.58 bits per heavy atom. The second kappa shape index (κ2) is 28.7. The first-order valence-electron chi connectivity index (χ1n) is 12.9. The van der Waals surface area contributed by atoms with Crippen molar-refractivity contribution in [2.24, 2.45) is 1.36 Å². The Hall–Kier alpha value is 3.13. The molecule has 0 spiro atoms. The van der Waals surface area contributed by atoms with Crippen LogP contribution in [-0.4, -0.2) is 29.7 Å². The minimum Gasteiger partial charge on any atom is -0.258 e. The maximum absolute atomic E-state index is 10.4. The molecule has 55 heavy (non-hydrogen) atoms. The minimum absolute atomic E-state index is 0. The second-order valence-electron chi connectivity index (χ2n) is 8.38. The summed E-state index contributed by atoms with van der Waals surface area (Å²) in [6.07, 6.45) is 6.78. The number of fused-ring (bicyclic) bond motifs is 2. The van der Waals surface area contributed by atoms with E-state index in [9.17, 15) is 20.2 Å². The van der Waals surface area contributed by atoms with Crippen molar-refractivity contribution in [2.45, 2.75) is -0.0619 Å². The van der Waals surface area contributed by atoms with E-state index in [1.165, 1.54) is 11.1 Å². The summed E-state index contributed by atoms with van der Waals surface area (Å²) in [5.41, 5.74) is 9.71. The van der Waals surface area contributed by atoms with Crippen LogP contribution in [0, 0.1) is 23.8 Å². The molecule has 0 radical (unpaired) electrons. The quantitative estimate of drug-likeness (QED) is 0.0735. The standard InChI is InChI=1S/C6H2Br2N2S.C6H4N2S.C5H5I6N2S.C4Br2N2O4S.C4H2Br2S.ClH/c7-5-3-4(6(8)11-5)10-2-1-9-3;1-2-8-6-4-9-3-5(6)7-1;6-5(11(7)10-13-8)9-3-1-14-2-4(3)12;5-3-1(7(9)10)2(8(11)12)4(6)13-3;5-3-1-2-4(6)7-3;/h1-2H;1-4H;1-2,5H,12H2;;1-2H;1H/q;;-1;;;. The maximum Gasteiger partial charge on any atom is 0.372 e. The summed E-state index contributed by atoms with van der Waals surface area (Å²) in [7, 11) is 0. The molecule has 0 bridgehead atoms. The van der Waals surface area contributed by atoms with Crippen LogP contribution in [-0.2, 0) is 0 Å². The van der Waals surface area contributed by atoms with Crippen molar-refractivity contribution in [2.75, 3.05) is 5.73 Å². The smallest absolute Gasteiger partial charge is 0.258 e. The first-order valence-corrected chi connectivity index (χ1v) is 41.3. The number of hydrogen-bond acceptors (Lipinski definition) is 15.